The fourth-order valence-corrected chi connectivity index (χ4v) is 4.37. The Labute approximate surface area is 171 Å². The van der Waals surface area contributed by atoms with Crippen LogP contribution in [0.3, 0.4) is 0 Å². The summed E-state index contributed by atoms with van der Waals surface area (Å²) in [5.74, 6) is -0.613. The fourth-order valence-electron chi connectivity index (χ4n) is 3.31. The van der Waals surface area contributed by atoms with E-state index in [-0.39, 0.29) is 23.8 Å². The summed E-state index contributed by atoms with van der Waals surface area (Å²) in [5, 5.41) is 1.28. The van der Waals surface area contributed by atoms with Crippen molar-refractivity contribution in [2.45, 2.75) is 37.0 Å². The Balaban J connectivity index is 1.87. The maximum Gasteiger partial charge on any atom is 0.262 e. The fraction of sp³-hybridized carbons (Fsp3) is 0.368. The van der Waals surface area contributed by atoms with Gasteiger partial charge in [0.1, 0.15) is 6.04 Å². The number of hydrogen-bond acceptors (Lipinski definition) is 5. The predicted molar refractivity (Wildman–Crippen MR) is 110 cm³/mol. The summed E-state index contributed by atoms with van der Waals surface area (Å²) in [6.45, 7) is 4.46. The molecule has 3 rings (SSSR count). The molecule has 2 amide bonds. The molecule has 2 heterocycles. The zero-order valence-electron chi connectivity index (χ0n) is 15.3. The summed E-state index contributed by atoms with van der Waals surface area (Å²) < 4.78 is 1.46. The van der Waals surface area contributed by atoms with E-state index in [2.05, 4.69) is 11.6 Å². The molecular weight excluding hydrogens is 400 g/mol. The molecule has 0 aliphatic carbocycles. The number of primary amides is 1. The molecule has 1 atom stereocenters. The van der Waals surface area contributed by atoms with Gasteiger partial charge in [-0.1, -0.05) is 29.4 Å². The van der Waals surface area contributed by atoms with Gasteiger partial charge < -0.3 is 10.6 Å². The van der Waals surface area contributed by atoms with Crippen molar-refractivity contribution < 1.29 is 9.59 Å². The van der Waals surface area contributed by atoms with Crippen LogP contribution in [0.15, 0.2) is 40.8 Å². The van der Waals surface area contributed by atoms with E-state index in [1.807, 2.05) is 0 Å². The molecule has 1 saturated heterocycles. The van der Waals surface area contributed by atoms with Gasteiger partial charge in [0.05, 0.1) is 16.7 Å². The van der Waals surface area contributed by atoms with Crippen LogP contribution in [0.2, 0.25) is 5.02 Å². The van der Waals surface area contributed by atoms with Crippen LogP contribution in [-0.2, 0) is 16.1 Å². The van der Waals surface area contributed by atoms with E-state index in [4.69, 9.17) is 17.3 Å². The molecule has 0 saturated carbocycles. The number of nitrogens with two attached hydrogens (primary N) is 1. The maximum atomic E-state index is 12.8. The number of nitrogens with zero attached hydrogens (tertiary/aromatic N) is 3. The normalized spacial score (nSPS) is 16.9. The Hall–Kier alpha value is -2.32. The van der Waals surface area contributed by atoms with E-state index in [9.17, 15) is 14.4 Å². The molecule has 28 heavy (non-hydrogen) atoms. The van der Waals surface area contributed by atoms with Crippen molar-refractivity contribution in [2.24, 2.45) is 5.73 Å². The number of rotatable bonds is 6. The Morgan fingerprint density at radius 1 is 1.39 bits per heavy atom. The quantitative estimate of drug-likeness (QED) is 0.439. The minimum absolute atomic E-state index is 0.0620. The van der Waals surface area contributed by atoms with Crippen LogP contribution in [0.5, 0.6) is 0 Å². The summed E-state index contributed by atoms with van der Waals surface area (Å²) in [6.07, 6.45) is 3.90. The van der Waals surface area contributed by atoms with E-state index < -0.39 is 11.9 Å². The number of aromatic nitrogens is 2. The third-order valence-electron chi connectivity index (χ3n) is 4.67. The highest BCUT2D eigenvalue weighted by molar-refractivity contribution is 7.99. The lowest BCUT2D eigenvalue weighted by atomic mass is 10.0. The van der Waals surface area contributed by atoms with Crippen LogP contribution in [0.4, 0.5) is 0 Å². The van der Waals surface area contributed by atoms with Crippen LogP contribution in [0.1, 0.15) is 19.3 Å². The zero-order chi connectivity index (χ0) is 20.3. The van der Waals surface area contributed by atoms with Gasteiger partial charge in [0.15, 0.2) is 5.16 Å². The molecule has 7 nitrogen and oxygen atoms in total. The highest BCUT2D eigenvalue weighted by atomic mass is 35.5. The average molecular weight is 421 g/mol. The summed E-state index contributed by atoms with van der Waals surface area (Å²) in [7, 11) is 0. The van der Waals surface area contributed by atoms with E-state index in [0.29, 0.717) is 34.0 Å². The second-order valence-electron chi connectivity index (χ2n) is 6.55. The van der Waals surface area contributed by atoms with Crippen LogP contribution in [-0.4, -0.2) is 44.6 Å². The third kappa shape index (κ3) is 4.23. The molecule has 1 aliphatic heterocycles. The highest BCUT2D eigenvalue weighted by Gasteiger charge is 2.30. The molecule has 1 aromatic heterocycles. The van der Waals surface area contributed by atoms with Crippen molar-refractivity contribution in [3.8, 4) is 0 Å². The number of allylic oxidation sites excluding steroid dienone is 1. The van der Waals surface area contributed by atoms with Gasteiger partial charge in [-0.2, -0.15) is 0 Å². The minimum atomic E-state index is -0.566. The van der Waals surface area contributed by atoms with Crippen LogP contribution in [0.25, 0.3) is 10.9 Å². The number of benzene rings is 1. The molecular formula is C19H21ClN4O3S. The number of thioether (sulfide) groups is 1. The van der Waals surface area contributed by atoms with Crippen molar-refractivity contribution >= 4 is 46.1 Å². The van der Waals surface area contributed by atoms with Crippen molar-refractivity contribution in [1.29, 1.82) is 0 Å². The Morgan fingerprint density at radius 3 is 2.89 bits per heavy atom. The van der Waals surface area contributed by atoms with Crippen molar-refractivity contribution in [2.75, 3.05) is 12.3 Å². The first-order valence-electron chi connectivity index (χ1n) is 8.95. The van der Waals surface area contributed by atoms with Gasteiger partial charge in [0, 0.05) is 18.1 Å². The Morgan fingerprint density at radius 2 is 2.18 bits per heavy atom. The van der Waals surface area contributed by atoms with Gasteiger partial charge in [-0.25, -0.2) is 4.98 Å². The highest BCUT2D eigenvalue weighted by Crippen LogP contribution is 2.23. The largest absolute Gasteiger partial charge is 0.368 e. The number of amides is 2. The Bertz CT molecular complexity index is 991. The maximum absolute atomic E-state index is 12.8. The van der Waals surface area contributed by atoms with Gasteiger partial charge in [0.2, 0.25) is 11.8 Å². The summed E-state index contributed by atoms with van der Waals surface area (Å²) in [5.41, 5.74) is 5.71. The number of carbonyl (C=O) groups excluding carboxylic acids is 2. The lowest BCUT2D eigenvalue weighted by molar-refractivity contribution is -0.138. The zero-order valence-corrected chi connectivity index (χ0v) is 16.8. The van der Waals surface area contributed by atoms with Crippen molar-refractivity contribution in [3.63, 3.8) is 0 Å². The molecule has 0 unspecified atom stereocenters. The van der Waals surface area contributed by atoms with Gasteiger partial charge in [0.25, 0.3) is 5.56 Å². The SMILES string of the molecule is C=CCn1c(SCC(=O)N2CCCC[C@H]2C(N)=O)nc2ccc(Cl)cc2c1=O. The van der Waals surface area contributed by atoms with Crippen molar-refractivity contribution in [1.82, 2.24) is 14.5 Å². The number of carbonyl (C=O) groups is 2. The van der Waals surface area contributed by atoms with E-state index in [1.165, 1.54) is 9.47 Å². The predicted octanol–water partition coefficient (Wildman–Crippen LogP) is 2.19. The van der Waals surface area contributed by atoms with Gasteiger partial charge in [-0.05, 0) is 37.5 Å². The number of fused-ring (bicyclic) bond motifs is 1. The summed E-state index contributed by atoms with van der Waals surface area (Å²) in [6, 6.07) is 4.36. The van der Waals surface area contributed by atoms with Crippen LogP contribution >= 0.6 is 23.4 Å². The van der Waals surface area contributed by atoms with Gasteiger partial charge >= 0.3 is 0 Å². The van der Waals surface area contributed by atoms with Crippen molar-refractivity contribution in [3.05, 3.63) is 46.2 Å². The topological polar surface area (TPSA) is 98.3 Å². The summed E-state index contributed by atoms with van der Waals surface area (Å²) in [4.78, 5) is 43.2. The average Bonchev–Trinajstić information content (AvgIpc) is 2.69. The molecule has 2 N–H and O–H groups in total. The molecule has 0 radical (unpaired) electrons. The molecule has 1 aromatic carbocycles. The smallest absolute Gasteiger partial charge is 0.262 e. The molecule has 1 fully saturated rings. The number of piperidine rings is 1. The van der Waals surface area contributed by atoms with E-state index in [0.717, 1.165) is 24.6 Å². The molecule has 0 bridgehead atoms. The monoisotopic (exact) mass is 420 g/mol. The number of hydrogen-bond donors (Lipinski definition) is 1. The second kappa shape index (κ2) is 8.79. The lowest BCUT2D eigenvalue weighted by Gasteiger charge is -2.33. The molecule has 2 aromatic rings. The number of halogens is 1. The molecule has 0 spiro atoms. The van der Waals surface area contributed by atoms with Crippen LogP contribution in [0, 0.1) is 0 Å². The first-order valence-corrected chi connectivity index (χ1v) is 10.3. The van der Waals surface area contributed by atoms with Gasteiger partial charge in [-0.3, -0.25) is 19.0 Å². The molecule has 148 valence electrons. The third-order valence-corrected chi connectivity index (χ3v) is 5.87. The van der Waals surface area contributed by atoms with Gasteiger partial charge in [-0.15, -0.1) is 6.58 Å². The van der Waals surface area contributed by atoms with E-state index >= 15 is 0 Å². The lowest BCUT2D eigenvalue weighted by Crippen LogP contribution is -2.51. The standard InChI is InChI=1S/C19H21ClN4O3S/c1-2-8-24-18(27)13-10-12(20)6-7-14(13)22-19(24)28-11-16(25)23-9-4-3-5-15(23)17(21)26/h2,6-7,10,15H,1,3-5,8-9,11H2,(H2,21,26)/t15-/m0/s1. The summed E-state index contributed by atoms with van der Waals surface area (Å²) >= 11 is 7.16. The first kappa shape index (κ1) is 20.4. The van der Waals surface area contributed by atoms with Crippen LogP contribution < -0.4 is 11.3 Å². The minimum Gasteiger partial charge on any atom is -0.368 e. The molecule has 1 aliphatic rings. The Kier molecular flexibility index (Phi) is 6.41. The number of likely N-dealkylation sites (tertiary alicyclic amines) is 1. The van der Waals surface area contributed by atoms with E-state index in [1.54, 1.807) is 24.3 Å². The second-order valence-corrected chi connectivity index (χ2v) is 7.93. The first-order chi connectivity index (χ1) is 13.4. The molecule has 9 heteroatoms.